The summed E-state index contributed by atoms with van der Waals surface area (Å²) in [6.07, 6.45) is 1.04. The Labute approximate surface area is 100 Å². The first kappa shape index (κ1) is 12.9. The normalized spacial score (nSPS) is 10.9. The highest BCUT2D eigenvalue weighted by Crippen LogP contribution is 2.36. The number of rotatable bonds is 3. The number of nitrogens with one attached hydrogen (secondary N) is 1. The predicted octanol–water partition coefficient (Wildman–Crippen LogP) is 3.90. The van der Waals surface area contributed by atoms with Gasteiger partial charge in [-0.15, -0.1) is 12.3 Å². The van der Waals surface area contributed by atoms with Gasteiger partial charge >= 0.3 is 6.18 Å². The van der Waals surface area contributed by atoms with E-state index >= 15 is 0 Å². The SMILES string of the molecule is C#CCCNc1cc(Br)ccc1C(F)(F)F. The maximum Gasteiger partial charge on any atom is 0.418 e. The first-order valence-corrected chi connectivity index (χ1v) is 5.28. The third kappa shape index (κ3) is 3.46. The number of anilines is 1. The van der Waals surface area contributed by atoms with Crippen LogP contribution < -0.4 is 5.32 Å². The van der Waals surface area contributed by atoms with E-state index in [1.165, 1.54) is 12.1 Å². The van der Waals surface area contributed by atoms with Gasteiger partial charge in [-0.2, -0.15) is 13.2 Å². The van der Waals surface area contributed by atoms with Crippen LogP contribution in [-0.4, -0.2) is 6.54 Å². The monoisotopic (exact) mass is 291 g/mol. The zero-order valence-electron chi connectivity index (χ0n) is 8.24. The fraction of sp³-hybridized carbons (Fsp3) is 0.273. The van der Waals surface area contributed by atoms with Crippen molar-refractivity contribution in [2.45, 2.75) is 12.6 Å². The van der Waals surface area contributed by atoms with E-state index in [1.807, 2.05) is 0 Å². The lowest BCUT2D eigenvalue weighted by atomic mass is 10.1. The Hall–Kier alpha value is -1.15. The summed E-state index contributed by atoms with van der Waals surface area (Å²) in [7, 11) is 0. The third-order valence-corrected chi connectivity index (χ3v) is 2.37. The molecular formula is C11H9BrF3N. The molecule has 0 aliphatic rings. The number of terminal acetylenes is 1. The van der Waals surface area contributed by atoms with Gasteiger partial charge in [-0.05, 0) is 18.2 Å². The van der Waals surface area contributed by atoms with Crippen molar-refractivity contribution in [3.05, 3.63) is 28.2 Å². The molecule has 0 atom stereocenters. The second-order valence-electron chi connectivity index (χ2n) is 3.07. The van der Waals surface area contributed by atoms with E-state index in [-0.39, 0.29) is 5.69 Å². The summed E-state index contributed by atoms with van der Waals surface area (Å²) in [4.78, 5) is 0. The standard InChI is InChI=1S/C11H9BrF3N/c1-2-3-6-16-10-7-8(12)4-5-9(10)11(13,14)15/h1,4-5,7,16H,3,6H2. The van der Waals surface area contributed by atoms with Crippen molar-refractivity contribution in [2.24, 2.45) is 0 Å². The Morgan fingerprint density at radius 2 is 2.06 bits per heavy atom. The van der Waals surface area contributed by atoms with E-state index in [2.05, 4.69) is 27.2 Å². The van der Waals surface area contributed by atoms with Crippen molar-refractivity contribution in [1.82, 2.24) is 0 Å². The quantitative estimate of drug-likeness (QED) is 0.658. The van der Waals surface area contributed by atoms with Crippen molar-refractivity contribution in [3.8, 4) is 12.3 Å². The molecule has 0 aliphatic heterocycles. The second-order valence-corrected chi connectivity index (χ2v) is 3.98. The Kier molecular flexibility index (Phi) is 4.25. The molecule has 1 nitrogen and oxygen atoms in total. The highest BCUT2D eigenvalue weighted by atomic mass is 79.9. The Morgan fingerprint density at radius 1 is 1.38 bits per heavy atom. The van der Waals surface area contributed by atoms with Crippen LogP contribution in [0.3, 0.4) is 0 Å². The Balaban J connectivity index is 2.96. The average Bonchev–Trinajstić information content (AvgIpc) is 2.16. The molecule has 0 amide bonds. The highest BCUT2D eigenvalue weighted by Gasteiger charge is 2.33. The topological polar surface area (TPSA) is 12.0 Å². The maximum atomic E-state index is 12.6. The average molecular weight is 292 g/mol. The summed E-state index contributed by atoms with van der Waals surface area (Å²) in [6, 6.07) is 3.77. The van der Waals surface area contributed by atoms with Crippen LogP contribution in [0.15, 0.2) is 22.7 Å². The summed E-state index contributed by atoms with van der Waals surface area (Å²) in [6.45, 7) is 0.316. The number of alkyl halides is 3. The van der Waals surface area contributed by atoms with Crippen LogP contribution in [0, 0.1) is 12.3 Å². The minimum absolute atomic E-state index is 0.0390. The van der Waals surface area contributed by atoms with E-state index in [4.69, 9.17) is 6.42 Å². The second kappa shape index (κ2) is 5.26. The van der Waals surface area contributed by atoms with Gasteiger partial charge in [0.1, 0.15) is 0 Å². The van der Waals surface area contributed by atoms with Gasteiger partial charge in [0, 0.05) is 23.1 Å². The molecule has 0 aliphatic carbocycles. The summed E-state index contributed by atoms with van der Waals surface area (Å²) in [5.41, 5.74) is -0.648. The molecule has 0 heterocycles. The summed E-state index contributed by atoms with van der Waals surface area (Å²) in [5, 5.41) is 2.67. The molecule has 1 N–H and O–H groups in total. The predicted molar refractivity (Wildman–Crippen MR) is 61.1 cm³/mol. The maximum absolute atomic E-state index is 12.6. The van der Waals surface area contributed by atoms with Gasteiger partial charge in [-0.25, -0.2) is 0 Å². The molecular weight excluding hydrogens is 283 g/mol. The van der Waals surface area contributed by atoms with Crippen molar-refractivity contribution in [3.63, 3.8) is 0 Å². The van der Waals surface area contributed by atoms with Gasteiger partial charge in [-0.1, -0.05) is 15.9 Å². The Morgan fingerprint density at radius 3 is 2.62 bits per heavy atom. The smallest absolute Gasteiger partial charge is 0.384 e. The molecule has 1 aromatic rings. The van der Waals surface area contributed by atoms with Crippen LogP contribution >= 0.6 is 15.9 Å². The zero-order valence-corrected chi connectivity index (χ0v) is 9.82. The van der Waals surface area contributed by atoms with Gasteiger partial charge in [0.15, 0.2) is 0 Å². The van der Waals surface area contributed by atoms with Gasteiger partial charge in [-0.3, -0.25) is 0 Å². The van der Waals surface area contributed by atoms with Crippen LogP contribution in [0.4, 0.5) is 18.9 Å². The zero-order chi connectivity index (χ0) is 12.2. The van der Waals surface area contributed by atoms with Crippen LogP contribution in [-0.2, 0) is 6.18 Å². The highest BCUT2D eigenvalue weighted by molar-refractivity contribution is 9.10. The van der Waals surface area contributed by atoms with Gasteiger partial charge < -0.3 is 5.32 Å². The lowest BCUT2D eigenvalue weighted by Gasteiger charge is -2.14. The molecule has 0 saturated carbocycles. The molecule has 0 saturated heterocycles. The Bertz CT molecular complexity index is 407. The van der Waals surface area contributed by atoms with Crippen molar-refractivity contribution in [1.29, 1.82) is 0 Å². The molecule has 0 radical (unpaired) electrons. The number of halogens is 4. The minimum atomic E-state index is -4.36. The van der Waals surface area contributed by atoms with Crippen LogP contribution in [0.5, 0.6) is 0 Å². The summed E-state index contributed by atoms with van der Waals surface area (Å²) >= 11 is 3.12. The molecule has 86 valence electrons. The lowest BCUT2D eigenvalue weighted by Crippen LogP contribution is -2.11. The van der Waals surface area contributed by atoms with E-state index in [0.29, 0.717) is 17.4 Å². The molecule has 0 bridgehead atoms. The summed E-state index contributed by atoms with van der Waals surface area (Å²) in [5.74, 6) is 2.36. The molecule has 5 heteroatoms. The first-order chi connectivity index (χ1) is 7.45. The molecule has 1 aromatic carbocycles. The minimum Gasteiger partial charge on any atom is -0.384 e. The van der Waals surface area contributed by atoms with E-state index in [0.717, 1.165) is 6.07 Å². The van der Waals surface area contributed by atoms with Crippen molar-refractivity contribution < 1.29 is 13.2 Å². The third-order valence-electron chi connectivity index (χ3n) is 1.87. The number of benzene rings is 1. The van der Waals surface area contributed by atoms with Crippen LogP contribution in [0.25, 0.3) is 0 Å². The van der Waals surface area contributed by atoms with E-state index < -0.39 is 11.7 Å². The van der Waals surface area contributed by atoms with E-state index in [9.17, 15) is 13.2 Å². The van der Waals surface area contributed by atoms with Crippen LogP contribution in [0.2, 0.25) is 0 Å². The largest absolute Gasteiger partial charge is 0.418 e. The molecule has 1 rings (SSSR count). The molecule has 0 aromatic heterocycles. The molecule has 0 spiro atoms. The molecule has 0 unspecified atom stereocenters. The van der Waals surface area contributed by atoms with Gasteiger partial charge in [0.2, 0.25) is 0 Å². The fourth-order valence-corrected chi connectivity index (χ4v) is 1.54. The van der Waals surface area contributed by atoms with Gasteiger partial charge in [0.05, 0.1) is 5.56 Å². The molecule has 16 heavy (non-hydrogen) atoms. The van der Waals surface area contributed by atoms with Crippen molar-refractivity contribution >= 4 is 21.6 Å². The van der Waals surface area contributed by atoms with E-state index in [1.54, 1.807) is 0 Å². The molecule has 0 fully saturated rings. The number of hydrogen-bond donors (Lipinski definition) is 1. The fourth-order valence-electron chi connectivity index (χ4n) is 1.18. The number of hydrogen-bond acceptors (Lipinski definition) is 1. The lowest BCUT2D eigenvalue weighted by molar-refractivity contribution is -0.136. The van der Waals surface area contributed by atoms with Crippen LogP contribution in [0.1, 0.15) is 12.0 Å². The summed E-state index contributed by atoms with van der Waals surface area (Å²) < 4.78 is 38.4. The van der Waals surface area contributed by atoms with Gasteiger partial charge in [0.25, 0.3) is 0 Å². The first-order valence-electron chi connectivity index (χ1n) is 4.49. The van der Waals surface area contributed by atoms with Crippen molar-refractivity contribution in [2.75, 3.05) is 11.9 Å².